The maximum Gasteiger partial charge on any atom is 0.308 e. The fourth-order valence-corrected chi connectivity index (χ4v) is 3.33. The molecule has 5 nitrogen and oxygen atoms in total. The van der Waals surface area contributed by atoms with Crippen LogP contribution in [0.1, 0.15) is 18.4 Å². The number of likely N-dealkylation sites (tertiary alicyclic amines) is 1. The third-order valence-corrected chi connectivity index (χ3v) is 4.82. The number of halogens is 1. The first kappa shape index (κ1) is 16.5. The summed E-state index contributed by atoms with van der Waals surface area (Å²) < 4.78 is 18.3. The normalized spacial score (nSPS) is 23.7. The number of methoxy groups -OCH3 is 1. The molecular formula is C18H20FNO4. The fraction of sp³-hybridized carbons (Fsp3) is 0.444. The van der Waals surface area contributed by atoms with Crippen LogP contribution >= 0.6 is 0 Å². The standard InChI is InChI=1S/C18H20FNO4/c1-24-16-8-11(2-6-15(16)19)3-7-17(21)20-9-13(12-4-5-12)14(10-20)18(22)23/h2-3,6-8,12-14H,4-5,9-10H2,1H3,(H,22,23)/b7-3+/t13-,14+/m1/s1. The third-order valence-electron chi connectivity index (χ3n) is 4.82. The van der Waals surface area contributed by atoms with Gasteiger partial charge in [-0.2, -0.15) is 0 Å². The number of carbonyl (C=O) groups excluding carboxylic acids is 1. The molecule has 0 spiro atoms. The van der Waals surface area contributed by atoms with Gasteiger partial charge in [-0.15, -0.1) is 0 Å². The Morgan fingerprint density at radius 2 is 2.08 bits per heavy atom. The maximum atomic E-state index is 13.4. The number of carbonyl (C=O) groups is 2. The van der Waals surface area contributed by atoms with Crippen molar-refractivity contribution in [1.29, 1.82) is 0 Å². The molecule has 1 aromatic rings. The van der Waals surface area contributed by atoms with E-state index in [0.717, 1.165) is 12.8 Å². The summed E-state index contributed by atoms with van der Waals surface area (Å²) in [5.74, 6) is -1.36. The summed E-state index contributed by atoms with van der Waals surface area (Å²) in [5.41, 5.74) is 0.648. The molecule has 6 heteroatoms. The van der Waals surface area contributed by atoms with E-state index in [1.54, 1.807) is 17.0 Å². The minimum Gasteiger partial charge on any atom is -0.494 e. The van der Waals surface area contributed by atoms with Crippen molar-refractivity contribution in [2.45, 2.75) is 12.8 Å². The van der Waals surface area contributed by atoms with Crippen molar-refractivity contribution in [1.82, 2.24) is 4.90 Å². The molecule has 3 rings (SSSR count). The molecule has 1 aromatic carbocycles. The van der Waals surface area contributed by atoms with E-state index in [9.17, 15) is 19.1 Å². The second-order valence-corrected chi connectivity index (χ2v) is 6.42. The summed E-state index contributed by atoms with van der Waals surface area (Å²) in [7, 11) is 1.38. The van der Waals surface area contributed by atoms with Gasteiger partial charge >= 0.3 is 5.97 Å². The Kier molecular flexibility index (Phi) is 4.55. The molecule has 0 radical (unpaired) electrons. The minimum absolute atomic E-state index is 0.0609. The van der Waals surface area contributed by atoms with Gasteiger partial charge in [-0.3, -0.25) is 9.59 Å². The molecule has 1 amide bonds. The average molecular weight is 333 g/mol. The van der Waals surface area contributed by atoms with Gasteiger partial charge in [0.25, 0.3) is 0 Å². The topological polar surface area (TPSA) is 66.8 Å². The fourth-order valence-electron chi connectivity index (χ4n) is 3.33. The minimum atomic E-state index is -0.825. The number of benzene rings is 1. The summed E-state index contributed by atoms with van der Waals surface area (Å²) in [6.45, 7) is 0.754. The van der Waals surface area contributed by atoms with Crippen LogP contribution in [-0.4, -0.2) is 42.1 Å². The van der Waals surface area contributed by atoms with Crippen molar-refractivity contribution in [2.75, 3.05) is 20.2 Å². The Hall–Kier alpha value is -2.37. The van der Waals surface area contributed by atoms with Crippen molar-refractivity contribution < 1.29 is 23.8 Å². The van der Waals surface area contributed by atoms with Crippen LogP contribution in [0.5, 0.6) is 5.75 Å². The lowest BCUT2D eigenvalue weighted by Gasteiger charge is -2.13. The van der Waals surface area contributed by atoms with Crippen LogP contribution in [0.3, 0.4) is 0 Å². The molecule has 1 aliphatic carbocycles. The van der Waals surface area contributed by atoms with E-state index in [1.165, 1.54) is 25.3 Å². The Bertz CT molecular complexity index is 684. The molecule has 1 N–H and O–H groups in total. The van der Waals surface area contributed by atoms with Crippen LogP contribution in [0.4, 0.5) is 4.39 Å². The quantitative estimate of drug-likeness (QED) is 0.841. The number of carboxylic acid groups (broad SMARTS) is 1. The number of nitrogens with zero attached hydrogens (tertiary/aromatic N) is 1. The highest BCUT2D eigenvalue weighted by atomic mass is 19.1. The first-order chi connectivity index (χ1) is 11.5. The molecule has 2 aliphatic rings. The molecule has 1 saturated carbocycles. The number of ether oxygens (including phenoxy) is 1. The van der Waals surface area contributed by atoms with Gasteiger partial charge in [0.1, 0.15) is 0 Å². The molecule has 0 bridgehead atoms. The number of carboxylic acids is 1. The molecule has 1 aliphatic heterocycles. The zero-order valence-electron chi connectivity index (χ0n) is 13.4. The van der Waals surface area contributed by atoms with Crippen molar-refractivity contribution in [3.8, 4) is 5.75 Å². The number of rotatable bonds is 5. The smallest absolute Gasteiger partial charge is 0.308 e. The maximum absolute atomic E-state index is 13.4. The van der Waals surface area contributed by atoms with E-state index in [4.69, 9.17) is 4.74 Å². The third kappa shape index (κ3) is 3.42. The van der Waals surface area contributed by atoms with Gasteiger partial charge in [0.2, 0.25) is 5.91 Å². The van der Waals surface area contributed by atoms with E-state index < -0.39 is 17.7 Å². The Balaban J connectivity index is 1.67. The highest BCUT2D eigenvalue weighted by Crippen LogP contribution is 2.44. The second-order valence-electron chi connectivity index (χ2n) is 6.42. The predicted octanol–water partition coefficient (Wildman–Crippen LogP) is 2.42. The van der Waals surface area contributed by atoms with Gasteiger partial charge in [0, 0.05) is 19.2 Å². The highest BCUT2D eigenvalue weighted by molar-refractivity contribution is 5.92. The number of hydrogen-bond acceptors (Lipinski definition) is 3. The van der Waals surface area contributed by atoms with Gasteiger partial charge in [-0.1, -0.05) is 6.07 Å². The molecule has 24 heavy (non-hydrogen) atoms. The molecule has 1 saturated heterocycles. The lowest BCUT2D eigenvalue weighted by atomic mass is 9.92. The van der Waals surface area contributed by atoms with Gasteiger partial charge in [-0.05, 0) is 48.4 Å². The van der Waals surface area contributed by atoms with Gasteiger partial charge in [0.15, 0.2) is 11.6 Å². The largest absolute Gasteiger partial charge is 0.494 e. The molecule has 2 atom stereocenters. The van der Waals surface area contributed by atoms with Crippen LogP contribution in [0.15, 0.2) is 24.3 Å². The van der Waals surface area contributed by atoms with Crippen LogP contribution < -0.4 is 4.74 Å². The number of amides is 1. The Morgan fingerprint density at radius 3 is 2.71 bits per heavy atom. The summed E-state index contributed by atoms with van der Waals surface area (Å²) in [6.07, 6.45) is 5.11. The van der Waals surface area contributed by atoms with Gasteiger partial charge < -0.3 is 14.7 Å². The van der Waals surface area contributed by atoms with Crippen molar-refractivity contribution in [3.05, 3.63) is 35.7 Å². The van der Waals surface area contributed by atoms with Crippen LogP contribution in [-0.2, 0) is 9.59 Å². The zero-order valence-corrected chi connectivity index (χ0v) is 13.4. The van der Waals surface area contributed by atoms with Crippen molar-refractivity contribution in [2.24, 2.45) is 17.8 Å². The van der Waals surface area contributed by atoms with Gasteiger partial charge in [-0.25, -0.2) is 4.39 Å². The lowest BCUT2D eigenvalue weighted by molar-refractivity contribution is -0.142. The second kappa shape index (κ2) is 6.63. The van der Waals surface area contributed by atoms with E-state index in [0.29, 0.717) is 18.0 Å². The number of hydrogen-bond donors (Lipinski definition) is 1. The van der Waals surface area contributed by atoms with E-state index in [2.05, 4.69) is 0 Å². The van der Waals surface area contributed by atoms with Crippen molar-refractivity contribution in [3.63, 3.8) is 0 Å². The highest BCUT2D eigenvalue weighted by Gasteiger charge is 2.46. The monoisotopic (exact) mass is 333 g/mol. The number of aliphatic carboxylic acids is 1. The van der Waals surface area contributed by atoms with Crippen molar-refractivity contribution >= 4 is 18.0 Å². The van der Waals surface area contributed by atoms with E-state index in [-0.39, 0.29) is 24.1 Å². The molecule has 1 heterocycles. The summed E-state index contributed by atoms with van der Waals surface area (Å²) in [6, 6.07) is 4.34. The lowest BCUT2D eigenvalue weighted by Crippen LogP contribution is -2.28. The molecule has 0 aromatic heterocycles. The van der Waals surface area contributed by atoms with E-state index >= 15 is 0 Å². The molecule has 2 fully saturated rings. The van der Waals surface area contributed by atoms with Crippen LogP contribution in [0, 0.1) is 23.6 Å². The SMILES string of the molecule is COc1cc(/C=C/C(=O)N2C[C@H](C(=O)O)[C@@H](C3CC3)C2)ccc1F. The first-order valence-corrected chi connectivity index (χ1v) is 8.03. The molecule has 0 unspecified atom stereocenters. The predicted molar refractivity (Wildman–Crippen MR) is 85.9 cm³/mol. The summed E-state index contributed by atoms with van der Waals surface area (Å²) in [5, 5.41) is 9.35. The summed E-state index contributed by atoms with van der Waals surface area (Å²) in [4.78, 5) is 25.3. The molecular weight excluding hydrogens is 313 g/mol. The van der Waals surface area contributed by atoms with E-state index in [1.807, 2.05) is 0 Å². The average Bonchev–Trinajstić information content (AvgIpc) is 3.31. The zero-order chi connectivity index (χ0) is 17.3. The Labute approximate surface area is 139 Å². The Morgan fingerprint density at radius 1 is 1.33 bits per heavy atom. The summed E-state index contributed by atoms with van der Waals surface area (Å²) >= 11 is 0. The first-order valence-electron chi connectivity index (χ1n) is 8.03. The van der Waals surface area contributed by atoms with Gasteiger partial charge in [0.05, 0.1) is 13.0 Å². The van der Waals surface area contributed by atoms with Crippen LogP contribution in [0.25, 0.3) is 6.08 Å². The van der Waals surface area contributed by atoms with Crippen LogP contribution in [0.2, 0.25) is 0 Å². The molecule has 128 valence electrons.